The number of nitrogens with zero attached hydrogens (tertiary/aromatic N) is 1. The summed E-state index contributed by atoms with van der Waals surface area (Å²) < 4.78 is 0. The molecule has 0 aliphatic rings. The molecule has 0 spiro atoms. The number of pyridine rings is 1. The van der Waals surface area contributed by atoms with E-state index in [1.807, 2.05) is 49.4 Å². The Morgan fingerprint density at radius 1 is 1.00 bits per heavy atom. The lowest BCUT2D eigenvalue weighted by atomic mass is 10.1. The van der Waals surface area contributed by atoms with Gasteiger partial charge in [-0.3, -0.25) is 9.78 Å². The molecule has 1 amide bonds. The highest BCUT2D eigenvalue weighted by molar-refractivity contribution is 5.93. The maximum Gasteiger partial charge on any atom is 0.270 e. The summed E-state index contributed by atoms with van der Waals surface area (Å²) in [5, 5.41) is 6.25. The number of hydrogen-bond acceptors (Lipinski definition) is 3. The summed E-state index contributed by atoms with van der Waals surface area (Å²) in [5.41, 5.74) is 5.78. The van der Waals surface area contributed by atoms with Crippen LogP contribution in [0.15, 0.2) is 66.9 Å². The van der Waals surface area contributed by atoms with Gasteiger partial charge in [-0.1, -0.05) is 43.3 Å². The Labute approximate surface area is 154 Å². The van der Waals surface area contributed by atoms with E-state index in [2.05, 4.69) is 34.7 Å². The first kappa shape index (κ1) is 17.7. The normalized spacial score (nSPS) is 10.4. The van der Waals surface area contributed by atoms with Crippen molar-refractivity contribution in [3.8, 4) is 0 Å². The van der Waals surface area contributed by atoms with Crippen molar-refractivity contribution in [1.82, 2.24) is 10.3 Å². The number of carbonyl (C=O) groups excluding carboxylic acids is 1. The molecule has 2 N–H and O–H groups in total. The van der Waals surface area contributed by atoms with E-state index in [-0.39, 0.29) is 5.91 Å². The average Bonchev–Trinajstić information content (AvgIpc) is 2.68. The van der Waals surface area contributed by atoms with E-state index < -0.39 is 0 Å². The zero-order valence-corrected chi connectivity index (χ0v) is 15.1. The molecule has 0 radical (unpaired) electrons. The Bertz CT molecular complexity index is 888. The second-order valence-electron chi connectivity index (χ2n) is 6.21. The lowest BCUT2D eigenvalue weighted by Gasteiger charge is -2.10. The number of benzene rings is 2. The largest absolute Gasteiger partial charge is 0.355 e. The molecule has 0 aliphatic carbocycles. The molecule has 26 heavy (non-hydrogen) atoms. The highest BCUT2D eigenvalue weighted by atomic mass is 16.1. The fourth-order valence-electron chi connectivity index (χ4n) is 2.70. The maximum absolute atomic E-state index is 12.4. The van der Waals surface area contributed by atoms with E-state index in [0.717, 1.165) is 28.9 Å². The van der Waals surface area contributed by atoms with Crippen molar-refractivity contribution in [2.24, 2.45) is 0 Å². The molecule has 1 heterocycles. The van der Waals surface area contributed by atoms with Gasteiger partial charge in [0.1, 0.15) is 5.69 Å². The Kier molecular flexibility index (Phi) is 5.64. The first-order valence-corrected chi connectivity index (χ1v) is 8.80. The zero-order valence-electron chi connectivity index (χ0n) is 15.1. The molecular weight excluding hydrogens is 322 g/mol. The van der Waals surface area contributed by atoms with Gasteiger partial charge in [0.05, 0.1) is 0 Å². The van der Waals surface area contributed by atoms with Gasteiger partial charge < -0.3 is 10.6 Å². The Hall–Kier alpha value is -3.14. The predicted molar refractivity (Wildman–Crippen MR) is 106 cm³/mol. The van der Waals surface area contributed by atoms with Crippen molar-refractivity contribution in [3.63, 3.8) is 0 Å². The van der Waals surface area contributed by atoms with Gasteiger partial charge >= 0.3 is 0 Å². The third-order valence-electron chi connectivity index (χ3n) is 4.34. The molecule has 0 saturated carbocycles. The van der Waals surface area contributed by atoms with Crippen LogP contribution in [-0.4, -0.2) is 10.9 Å². The Morgan fingerprint density at radius 2 is 1.77 bits per heavy atom. The van der Waals surface area contributed by atoms with Gasteiger partial charge in [0.2, 0.25) is 0 Å². The third-order valence-corrected chi connectivity index (χ3v) is 4.34. The summed E-state index contributed by atoms with van der Waals surface area (Å²) in [6.45, 7) is 4.66. The molecule has 0 unspecified atom stereocenters. The number of nitrogens with one attached hydrogen (secondary N) is 2. The molecule has 0 bridgehead atoms. The van der Waals surface area contributed by atoms with E-state index in [4.69, 9.17) is 0 Å². The van der Waals surface area contributed by atoms with Crippen molar-refractivity contribution in [2.45, 2.75) is 26.8 Å². The number of rotatable bonds is 6. The zero-order chi connectivity index (χ0) is 18.4. The van der Waals surface area contributed by atoms with Crippen molar-refractivity contribution in [2.75, 3.05) is 5.32 Å². The van der Waals surface area contributed by atoms with Gasteiger partial charge in [-0.2, -0.15) is 0 Å². The minimum atomic E-state index is -0.182. The van der Waals surface area contributed by atoms with E-state index in [1.54, 1.807) is 12.3 Å². The number of hydrogen-bond donors (Lipinski definition) is 2. The lowest BCUT2D eigenvalue weighted by molar-refractivity contribution is 0.0946. The summed E-state index contributed by atoms with van der Waals surface area (Å²) in [5.74, 6) is -0.182. The second-order valence-corrected chi connectivity index (χ2v) is 6.21. The molecule has 3 aromatic rings. The van der Waals surface area contributed by atoms with Crippen molar-refractivity contribution in [1.29, 1.82) is 0 Å². The quantitative estimate of drug-likeness (QED) is 0.685. The number of carbonyl (C=O) groups is 1. The van der Waals surface area contributed by atoms with Crippen LogP contribution in [0.4, 0.5) is 11.4 Å². The van der Waals surface area contributed by atoms with E-state index in [9.17, 15) is 4.79 Å². The summed E-state index contributed by atoms with van der Waals surface area (Å²) in [6.07, 6.45) is 2.66. The molecule has 0 fully saturated rings. The minimum absolute atomic E-state index is 0.182. The number of anilines is 2. The van der Waals surface area contributed by atoms with Crippen molar-refractivity contribution in [3.05, 3.63) is 89.2 Å². The maximum atomic E-state index is 12.4. The molecule has 3 rings (SSSR count). The van der Waals surface area contributed by atoms with Gasteiger partial charge in [-0.05, 0) is 54.3 Å². The van der Waals surface area contributed by atoms with E-state index >= 15 is 0 Å². The number of amides is 1. The van der Waals surface area contributed by atoms with Gasteiger partial charge in [0, 0.05) is 24.1 Å². The molecule has 4 heteroatoms. The summed E-state index contributed by atoms with van der Waals surface area (Å²) >= 11 is 0. The highest BCUT2D eigenvalue weighted by Crippen LogP contribution is 2.18. The molecular formula is C22H23N3O. The van der Waals surface area contributed by atoms with Crippen LogP contribution in [0.5, 0.6) is 0 Å². The number of aryl methyl sites for hydroxylation is 2. The lowest BCUT2D eigenvalue weighted by Crippen LogP contribution is -2.24. The van der Waals surface area contributed by atoms with Crippen LogP contribution in [0.3, 0.4) is 0 Å². The van der Waals surface area contributed by atoms with Crippen molar-refractivity contribution >= 4 is 17.3 Å². The first-order chi connectivity index (χ1) is 12.7. The van der Waals surface area contributed by atoms with Gasteiger partial charge in [-0.15, -0.1) is 0 Å². The van der Waals surface area contributed by atoms with Crippen LogP contribution in [-0.2, 0) is 13.0 Å². The van der Waals surface area contributed by atoms with Crippen LogP contribution in [0.2, 0.25) is 0 Å². The Morgan fingerprint density at radius 3 is 2.50 bits per heavy atom. The highest BCUT2D eigenvalue weighted by Gasteiger charge is 2.08. The fraction of sp³-hybridized carbons (Fsp3) is 0.182. The van der Waals surface area contributed by atoms with Crippen molar-refractivity contribution < 1.29 is 4.79 Å². The Balaban J connectivity index is 1.66. The SMILES string of the molecule is CCc1ccc(Nc2ccnc(C(=O)NCc3ccccc3C)c2)cc1. The summed E-state index contributed by atoms with van der Waals surface area (Å²) in [4.78, 5) is 16.6. The van der Waals surface area contributed by atoms with Crippen LogP contribution in [0.25, 0.3) is 0 Å². The first-order valence-electron chi connectivity index (χ1n) is 8.80. The monoisotopic (exact) mass is 345 g/mol. The fourth-order valence-corrected chi connectivity index (χ4v) is 2.70. The summed E-state index contributed by atoms with van der Waals surface area (Å²) in [7, 11) is 0. The molecule has 4 nitrogen and oxygen atoms in total. The van der Waals surface area contributed by atoms with Crippen LogP contribution in [0, 0.1) is 6.92 Å². The molecule has 132 valence electrons. The topological polar surface area (TPSA) is 54.0 Å². The third kappa shape index (κ3) is 4.48. The minimum Gasteiger partial charge on any atom is -0.355 e. The molecule has 0 saturated heterocycles. The van der Waals surface area contributed by atoms with Gasteiger partial charge in [0.15, 0.2) is 0 Å². The average molecular weight is 345 g/mol. The second kappa shape index (κ2) is 8.30. The molecule has 0 aliphatic heterocycles. The van der Waals surface area contributed by atoms with E-state index in [1.165, 1.54) is 5.56 Å². The van der Waals surface area contributed by atoms with Gasteiger partial charge in [-0.25, -0.2) is 0 Å². The van der Waals surface area contributed by atoms with E-state index in [0.29, 0.717) is 12.2 Å². The van der Waals surface area contributed by atoms with Crippen LogP contribution in [0.1, 0.15) is 34.1 Å². The number of aromatic nitrogens is 1. The van der Waals surface area contributed by atoms with Gasteiger partial charge in [0.25, 0.3) is 5.91 Å². The summed E-state index contributed by atoms with van der Waals surface area (Å²) in [6, 6.07) is 19.9. The van der Waals surface area contributed by atoms with Crippen LogP contribution >= 0.6 is 0 Å². The molecule has 0 atom stereocenters. The standard InChI is InChI=1S/C22H23N3O/c1-3-17-8-10-19(11-9-17)25-20-12-13-23-21(14-20)22(26)24-15-18-7-5-4-6-16(18)2/h4-14H,3,15H2,1-2H3,(H,23,25)(H,24,26). The predicted octanol–water partition coefficient (Wildman–Crippen LogP) is 4.63. The molecule has 2 aromatic carbocycles. The smallest absolute Gasteiger partial charge is 0.270 e. The van der Waals surface area contributed by atoms with Crippen LogP contribution < -0.4 is 10.6 Å². The molecule has 1 aromatic heterocycles.